The first-order valence-corrected chi connectivity index (χ1v) is 6.69. The molecule has 1 heterocycles. The molecule has 0 amide bonds. The lowest BCUT2D eigenvalue weighted by molar-refractivity contribution is 0.200. The van der Waals surface area contributed by atoms with Gasteiger partial charge in [-0.1, -0.05) is 0 Å². The summed E-state index contributed by atoms with van der Waals surface area (Å²) < 4.78 is 6.86. The minimum absolute atomic E-state index is 0.116. The number of halogens is 1. The molecule has 0 bridgehead atoms. The quantitative estimate of drug-likeness (QED) is 0.690. The molecule has 0 saturated carbocycles. The zero-order valence-corrected chi connectivity index (χ0v) is 12.3. The van der Waals surface area contributed by atoms with Crippen molar-refractivity contribution in [2.24, 2.45) is 0 Å². The van der Waals surface area contributed by atoms with Crippen LogP contribution in [0.5, 0.6) is 0 Å². The summed E-state index contributed by atoms with van der Waals surface area (Å²) in [5, 5.41) is 10.4. The zero-order valence-electron chi connectivity index (χ0n) is 10.7. The summed E-state index contributed by atoms with van der Waals surface area (Å²) in [7, 11) is 1.67. The SMILES string of the molecule is CCn1ncc(NCCNCCOC)c(Br)c1=O. The van der Waals surface area contributed by atoms with Gasteiger partial charge >= 0.3 is 0 Å². The van der Waals surface area contributed by atoms with Gasteiger partial charge in [-0.25, -0.2) is 4.68 Å². The molecule has 6 nitrogen and oxygen atoms in total. The Kier molecular flexibility index (Phi) is 6.92. The van der Waals surface area contributed by atoms with E-state index in [1.54, 1.807) is 13.3 Å². The molecule has 0 unspecified atom stereocenters. The van der Waals surface area contributed by atoms with Crippen molar-refractivity contribution in [2.75, 3.05) is 38.7 Å². The van der Waals surface area contributed by atoms with Gasteiger partial charge in [-0.2, -0.15) is 5.10 Å². The highest BCUT2D eigenvalue weighted by atomic mass is 79.9. The van der Waals surface area contributed by atoms with Gasteiger partial charge in [-0.05, 0) is 22.9 Å². The van der Waals surface area contributed by atoms with Crippen molar-refractivity contribution in [1.82, 2.24) is 15.1 Å². The van der Waals surface area contributed by atoms with Gasteiger partial charge in [0.1, 0.15) is 4.47 Å². The minimum atomic E-state index is -0.116. The van der Waals surface area contributed by atoms with Crippen LogP contribution < -0.4 is 16.2 Å². The van der Waals surface area contributed by atoms with Gasteiger partial charge in [0.2, 0.25) is 0 Å². The maximum atomic E-state index is 11.8. The fourth-order valence-corrected chi connectivity index (χ4v) is 1.85. The van der Waals surface area contributed by atoms with Crippen LogP contribution >= 0.6 is 15.9 Å². The number of methoxy groups -OCH3 is 1. The van der Waals surface area contributed by atoms with Crippen molar-refractivity contribution in [3.63, 3.8) is 0 Å². The fraction of sp³-hybridized carbons (Fsp3) is 0.636. The maximum Gasteiger partial charge on any atom is 0.283 e. The average Bonchev–Trinajstić information content (AvgIpc) is 2.38. The molecule has 18 heavy (non-hydrogen) atoms. The molecule has 2 N–H and O–H groups in total. The number of ether oxygens (including phenoxy) is 1. The molecule has 0 aliphatic rings. The van der Waals surface area contributed by atoms with Gasteiger partial charge < -0.3 is 15.4 Å². The van der Waals surface area contributed by atoms with E-state index in [1.165, 1.54) is 4.68 Å². The third-order valence-electron chi connectivity index (χ3n) is 2.38. The molecular weight excluding hydrogens is 300 g/mol. The van der Waals surface area contributed by atoms with E-state index < -0.39 is 0 Å². The molecule has 7 heteroatoms. The summed E-state index contributed by atoms with van der Waals surface area (Å²) >= 11 is 3.29. The number of aryl methyl sites for hydroxylation is 1. The third-order valence-corrected chi connectivity index (χ3v) is 3.15. The third kappa shape index (κ3) is 4.40. The van der Waals surface area contributed by atoms with Crippen LogP contribution in [0.15, 0.2) is 15.5 Å². The molecule has 0 aromatic carbocycles. The molecule has 0 atom stereocenters. The first kappa shape index (κ1) is 15.1. The van der Waals surface area contributed by atoms with Crippen LogP contribution in [0.2, 0.25) is 0 Å². The Bertz CT molecular complexity index is 422. The molecule has 0 radical (unpaired) electrons. The van der Waals surface area contributed by atoms with Gasteiger partial charge in [0, 0.05) is 33.3 Å². The molecule has 0 saturated heterocycles. The Morgan fingerprint density at radius 3 is 2.89 bits per heavy atom. The molecule has 0 spiro atoms. The number of nitrogens with zero attached hydrogens (tertiary/aromatic N) is 2. The van der Waals surface area contributed by atoms with Crippen molar-refractivity contribution in [3.8, 4) is 0 Å². The molecule has 0 aliphatic carbocycles. The smallest absolute Gasteiger partial charge is 0.283 e. The second kappa shape index (κ2) is 8.23. The van der Waals surface area contributed by atoms with Gasteiger partial charge in [-0.3, -0.25) is 4.79 Å². The summed E-state index contributed by atoms with van der Waals surface area (Å²) in [6.07, 6.45) is 1.66. The first-order valence-electron chi connectivity index (χ1n) is 5.89. The van der Waals surface area contributed by atoms with E-state index in [4.69, 9.17) is 4.74 Å². The molecule has 102 valence electrons. The van der Waals surface area contributed by atoms with E-state index in [-0.39, 0.29) is 5.56 Å². The molecule has 0 fully saturated rings. The average molecular weight is 319 g/mol. The van der Waals surface area contributed by atoms with Crippen LogP contribution in [0.25, 0.3) is 0 Å². The topological polar surface area (TPSA) is 68.2 Å². The monoisotopic (exact) mass is 318 g/mol. The zero-order chi connectivity index (χ0) is 13.4. The van der Waals surface area contributed by atoms with E-state index in [0.29, 0.717) is 17.6 Å². The van der Waals surface area contributed by atoms with E-state index in [0.717, 1.165) is 25.3 Å². The van der Waals surface area contributed by atoms with Crippen LogP contribution in [0.1, 0.15) is 6.92 Å². The second-order valence-electron chi connectivity index (χ2n) is 3.66. The largest absolute Gasteiger partial charge is 0.383 e. The van der Waals surface area contributed by atoms with Gasteiger partial charge in [0.25, 0.3) is 5.56 Å². The number of hydrogen-bond donors (Lipinski definition) is 2. The second-order valence-corrected chi connectivity index (χ2v) is 4.46. The number of rotatable bonds is 8. The van der Waals surface area contributed by atoms with Crippen molar-refractivity contribution in [2.45, 2.75) is 13.5 Å². The van der Waals surface area contributed by atoms with Crippen LogP contribution in [0.4, 0.5) is 5.69 Å². The van der Waals surface area contributed by atoms with Gasteiger partial charge in [0.15, 0.2) is 0 Å². The Labute approximate surface area is 115 Å². The molecule has 1 rings (SSSR count). The Hall–Kier alpha value is -0.920. The van der Waals surface area contributed by atoms with Crippen molar-refractivity contribution in [3.05, 3.63) is 21.0 Å². The Balaban J connectivity index is 2.43. The number of nitrogens with one attached hydrogen (secondary N) is 2. The molecule has 1 aromatic heterocycles. The summed E-state index contributed by atoms with van der Waals surface area (Å²) in [5.41, 5.74) is 0.605. The lowest BCUT2D eigenvalue weighted by Gasteiger charge is -2.10. The first-order chi connectivity index (χ1) is 8.70. The summed E-state index contributed by atoms with van der Waals surface area (Å²) in [5.74, 6) is 0. The Morgan fingerprint density at radius 2 is 2.22 bits per heavy atom. The fourth-order valence-electron chi connectivity index (χ4n) is 1.40. The standard InChI is InChI=1S/C11H19BrN4O2/c1-3-16-11(17)10(12)9(8-15-16)14-5-4-13-6-7-18-2/h8,13-14H,3-7H2,1-2H3. The highest BCUT2D eigenvalue weighted by Crippen LogP contribution is 2.15. The van der Waals surface area contributed by atoms with E-state index in [1.807, 2.05) is 6.92 Å². The summed E-state index contributed by atoms with van der Waals surface area (Å²) in [4.78, 5) is 11.8. The highest BCUT2D eigenvalue weighted by Gasteiger charge is 2.06. The van der Waals surface area contributed by atoms with E-state index in [9.17, 15) is 4.79 Å². The van der Waals surface area contributed by atoms with Crippen molar-refractivity contribution >= 4 is 21.6 Å². The maximum absolute atomic E-state index is 11.8. The van der Waals surface area contributed by atoms with Gasteiger partial charge in [-0.15, -0.1) is 0 Å². The lowest BCUT2D eigenvalue weighted by Crippen LogP contribution is -2.27. The van der Waals surface area contributed by atoms with Crippen molar-refractivity contribution < 1.29 is 4.74 Å². The summed E-state index contributed by atoms with van der Waals surface area (Å²) in [6, 6.07) is 0. The molecule has 1 aromatic rings. The number of aromatic nitrogens is 2. The van der Waals surface area contributed by atoms with Crippen LogP contribution in [0, 0.1) is 0 Å². The van der Waals surface area contributed by atoms with E-state index >= 15 is 0 Å². The van der Waals surface area contributed by atoms with Crippen LogP contribution in [-0.4, -0.2) is 43.1 Å². The predicted molar refractivity (Wildman–Crippen MR) is 75.1 cm³/mol. The summed E-state index contributed by atoms with van der Waals surface area (Å²) in [6.45, 7) is 5.48. The minimum Gasteiger partial charge on any atom is -0.383 e. The lowest BCUT2D eigenvalue weighted by atomic mass is 10.4. The van der Waals surface area contributed by atoms with E-state index in [2.05, 4.69) is 31.7 Å². The molecule has 0 aliphatic heterocycles. The van der Waals surface area contributed by atoms with Gasteiger partial charge in [0.05, 0.1) is 18.5 Å². The molecular formula is C11H19BrN4O2. The van der Waals surface area contributed by atoms with Crippen LogP contribution in [-0.2, 0) is 11.3 Å². The van der Waals surface area contributed by atoms with Crippen LogP contribution in [0.3, 0.4) is 0 Å². The highest BCUT2D eigenvalue weighted by molar-refractivity contribution is 9.10. The predicted octanol–water partition coefficient (Wildman–Crippen LogP) is 0.674. The number of anilines is 1. The number of hydrogen-bond acceptors (Lipinski definition) is 5. The van der Waals surface area contributed by atoms with Crippen molar-refractivity contribution in [1.29, 1.82) is 0 Å². The normalized spacial score (nSPS) is 10.6. The Morgan fingerprint density at radius 1 is 1.44 bits per heavy atom.